The minimum Gasteiger partial charge on any atom is -0.301 e. The average Bonchev–Trinajstić information content (AvgIpc) is 3.24. The predicted molar refractivity (Wildman–Crippen MR) is 270 cm³/mol. The van der Waals surface area contributed by atoms with Crippen molar-refractivity contribution in [3.63, 3.8) is 0 Å². The second kappa shape index (κ2) is 52.1. The molecule has 0 amide bonds. The summed E-state index contributed by atoms with van der Waals surface area (Å²) in [6, 6.07) is 0. The fourth-order valence-electron chi connectivity index (χ4n) is 7.69. The molecule has 0 atom stereocenters. The summed E-state index contributed by atoms with van der Waals surface area (Å²) in [7, 11) is 0. The van der Waals surface area contributed by atoms with Gasteiger partial charge in [-0.15, -0.1) is 0 Å². The van der Waals surface area contributed by atoms with E-state index in [1.54, 1.807) is 0 Å². The molecule has 0 fully saturated rings. The van der Waals surface area contributed by atoms with Crippen LogP contribution in [0.4, 0.5) is 0 Å². The van der Waals surface area contributed by atoms with Crippen molar-refractivity contribution in [1.82, 2.24) is 0 Å². The third-order valence-corrected chi connectivity index (χ3v) is 15.6. The summed E-state index contributed by atoms with van der Waals surface area (Å²) >= 11 is 1.48. The van der Waals surface area contributed by atoms with E-state index in [9.17, 15) is 4.57 Å². The minimum absolute atomic E-state index is 0.562. The molecule has 0 radical (unpaired) electrons. The molecule has 0 aliphatic carbocycles. The van der Waals surface area contributed by atoms with E-state index in [0.29, 0.717) is 13.2 Å². The van der Waals surface area contributed by atoms with E-state index in [-0.39, 0.29) is 0 Å². The van der Waals surface area contributed by atoms with E-state index in [0.717, 1.165) is 37.9 Å². The van der Waals surface area contributed by atoms with E-state index < -0.39 is 6.80 Å². The SMILES string of the molecule is CCCCCCCC/C=C\CCCCCCCCOP(=O)(OCCCCCCCC/C=C\CCCCCCCC)SCCCCCCCC/C=C\CCCCCCCC. The zero-order valence-electron chi connectivity index (χ0n) is 40.4. The maximum Gasteiger partial charge on any atom is 0.389 e. The van der Waals surface area contributed by atoms with Crippen LogP contribution >= 0.6 is 18.2 Å². The van der Waals surface area contributed by atoms with Gasteiger partial charge in [0.1, 0.15) is 0 Å². The predicted octanol–water partition coefficient (Wildman–Crippen LogP) is 21.0. The normalized spacial score (nSPS) is 12.4. The van der Waals surface area contributed by atoms with Crippen LogP contribution in [0.2, 0.25) is 0 Å². The van der Waals surface area contributed by atoms with Crippen molar-refractivity contribution in [1.29, 1.82) is 0 Å². The van der Waals surface area contributed by atoms with Crippen LogP contribution in [-0.2, 0) is 13.6 Å². The molecule has 0 saturated heterocycles. The molecule has 0 aliphatic rings. The molecule has 350 valence electrons. The molecule has 5 heteroatoms. The van der Waals surface area contributed by atoms with Gasteiger partial charge in [0.15, 0.2) is 0 Å². The van der Waals surface area contributed by atoms with Crippen molar-refractivity contribution in [2.75, 3.05) is 19.0 Å². The Morgan fingerprint density at radius 3 is 0.797 bits per heavy atom. The van der Waals surface area contributed by atoms with Gasteiger partial charge in [-0.1, -0.05) is 231 Å². The molecule has 0 aromatic heterocycles. The fraction of sp³-hybridized carbons (Fsp3) is 0.889. The molecule has 0 saturated carbocycles. The van der Waals surface area contributed by atoms with Gasteiger partial charge in [0.25, 0.3) is 0 Å². The summed E-state index contributed by atoms with van der Waals surface area (Å²) in [6.07, 6.45) is 68.9. The standard InChI is InChI=1S/C54H105O3PS/c1-4-7-10-13-16-19-22-25-28-31-34-37-40-43-46-49-52-56-58(55,57-53-50-47-44-41-38-35-32-29-26-23-20-17-14-11-8-5-2)59-54-51-48-45-42-39-36-33-30-27-24-21-18-15-12-9-6-3/h25-30H,4-24,31-54H2,1-3H3/b28-25-,29-26-,30-27-. The Morgan fingerprint density at radius 1 is 0.305 bits per heavy atom. The molecule has 0 rings (SSSR count). The molecule has 0 aromatic rings. The van der Waals surface area contributed by atoms with Gasteiger partial charge in [-0.05, 0) is 108 Å². The zero-order chi connectivity index (χ0) is 42.7. The van der Waals surface area contributed by atoms with Gasteiger partial charge in [-0.25, -0.2) is 4.57 Å². The Morgan fingerprint density at radius 2 is 0.525 bits per heavy atom. The van der Waals surface area contributed by atoms with Gasteiger partial charge in [0, 0.05) is 5.75 Å². The molecular weight excluding hydrogens is 760 g/mol. The van der Waals surface area contributed by atoms with Crippen LogP contribution in [0.1, 0.15) is 290 Å². The quantitative estimate of drug-likeness (QED) is 0.0347. The summed E-state index contributed by atoms with van der Waals surface area (Å²) in [5.74, 6) is 0.874. The fourth-order valence-corrected chi connectivity index (χ4v) is 11.1. The maximum absolute atomic E-state index is 13.8. The molecule has 0 unspecified atom stereocenters. The monoisotopic (exact) mass is 865 g/mol. The molecule has 0 spiro atoms. The van der Waals surface area contributed by atoms with Crippen LogP contribution in [-0.4, -0.2) is 19.0 Å². The highest BCUT2D eigenvalue weighted by molar-refractivity contribution is 8.55. The highest BCUT2D eigenvalue weighted by atomic mass is 32.7. The summed E-state index contributed by atoms with van der Waals surface area (Å²) < 4.78 is 26.0. The van der Waals surface area contributed by atoms with Crippen molar-refractivity contribution in [3.8, 4) is 0 Å². The van der Waals surface area contributed by atoms with Crippen LogP contribution in [0.5, 0.6) is 0 Å². The van der Waals surface area contributed by atoms with Crippen molar-refractivity contribution < 1.29 is 13.6 Å². The van der Waals surface area contributed by atoms with Crippen LogP contribution < -0.4 is 0 Å². The second-order valence-corrected chi connectivity index (χ2v) is 22.0. The lowest BCUT2D eigenvalue weighted by atomic mass is 10.1. The topological polar surface area (TPSA) is 35.5 Å². The smallest absolute Gasteiger partial charge is 0.301 e. The van der Waals surface area contributed by atoms with Gasteiger partial charge < -0.3 is 9.05 Å². The summed E-state index contributed by atoms with van der Waals surface area (Å²) in [5, 5.41) is 0. The van der Waals surface area contributed by atoms with Gasteiger partial charge >= 0.3 is 6.80 Å². The van der Waals surface area contributed by atoms with Crippen molar-refractivity contribution in [2.24, 2.45) is 0 Å². The molecule has 0 aliphatic heterocycles. The highest BCUT2D eigenvalue weighted by Gasteiger charge is 2.25. The first-order valence-electron chi connectivity index (χ1n) is 26.7. The van der Waals surface area contributed by atoms with E-state index in [2.05, 4.69) is 57.2 Å². The maximum atomic E-state index is 13.8. The van der Waals surface area contributed by atoms with E-state index in [1.807, 2.05) is 0 Å². The summed E-state index contributed by atoms with van der Waals surface area (Å²) in [4.78, 5) is 0. The van der Waals surface area contributed by atoms with Gasteiger partial charge in [-0.3, -0.25) is 0 Å². The Kier molecular flexibility index (Phi) is 51.8. The lowest BCUT2D eigenvalue weighted by Crippen LogP contribution is -1.99. The first-order valence-corrected chi connectivity index (χ1v) is 29.8. The van der Waals surface area contributed by atoms with Crippen molar-refractivity contribution in [3.05, 3.63) is 36.5 Å². The van der Waals surface area contributed by atoms with Crippen molar-refractivity contribution in [2.45, 2.75) is 290 Å². The van der Waals surface area contributed by atoms with Gasteiger partial charge in [0.05, 0.1) is 13.2 Å². The van der Waals surface area contributed by atoms with Crippen LogP contribution in [0.3, 0.4) is 0 Å². The number of unbranched alkanes of at least 4 members (excludes halogenated alkanes) is 36. The number of rotatable bonds is 51. The Balaban J connectivity index is 4.18. The Labute approximate surface area is 376 Å². The van der Waals surface area contributed by atoms with E-state index >= 15 is 0 Å². The molecule has 0 bridgehead atoms. The largest absolute Gasteiger partial charge is 0.389 e. The molecule has 0 aromatic carbocycles. The first kappa shape index (κ1) is 58.7. The number of hydrogen-bond acceptors (Lipinski definition) is 4. The summed E-state index contributed by atoms with van der Waals surface area (Å²) in [6.45, 7) is 4.89. The number of hydrogen-bond donors (Lipinski definition) is 0. The molecule has 59 heavy (non-hydrogen) atoms. The molecule has 3 nitrogen and oxygen atoms in total. The zero-order valence-corrected chi connectivity index (χ0v) is 42.1. The Hall–Kier alpha value is -0.280. The second-order valence-electron chi connectivity index (χ2n) is 17.8. The van der Waals surface area contributed by atoms with Gasteiger partial charge in [-0.2, -0.15) is 0 Å². The number of allylic oxidation sites excluding steroid dienone is 6. The highest BCUT2D eigenvalue weighted by Crippen LogP contribution is 2.61. The Bertz CT molecular complexity index is 803. The molecule has 0 N–H and O–H groups in total. The summed E-state index contributed by atoms with van der Waals surface area (Å²) in [5.41, 5.74) is 0. The molecule has 0 heterocycles. The average molecular weight is 865 g/mol. The lowest BCUT2D eigenvalue weighted by molar-refractivity contribution is 0.212. The van der Waals surface area contributed by atoms with E-state index in [1.165, 1.54) is 249 Å². The lowest BCUT2D eigenvalue weighted by Gasteiger charge is -2.18. The van der Waals surface area contributed by atoms with Crippen molar-refractivity contribution >= 4 is 18.2 Å². The van der Waals surface area contributed by atoms with E-state index in [4.69, 9.17) is 9.05 Å². The third kappa shape index (κ3) is 50.2. The van der Waals surface area contributed by atoms with Crippen LogP contribution in [0.25, 0.3) is 0 Å². The first-order chi connectivity index (χ1) is 29.2. The van der Waals surface area contributed by atoms with Crippen LogP contribution in [0, 0.1) is 0 Å². The third-order valence-electron chi connectivity index (χ3n) is 11.7. The van der Waals surface area contributed by atoms with Crippen LogP contribution in [0.15, 0.2) is 36.5 Å². The van der Waals surface area contributed by atoms with Gasteiger partial charge in [0.2, 0.25) is 0 Å². The minimum atomic E-state index is -3.09. The molecular formula is C54H105O3PS.